The standard InChI is InChI=1S/C15H23N3.C2H4O/c16-9-14-2-1-3-18(14)17-15-12-5-10-4-11(7-12)8-13(15)6-10;1-2-3/h10-15,17H,1-8H2;2H,1H3. The molecule has 1 unspecified atom stereocenters. The Morgan fingerprint density at radius 2 is 1.71 bits per heavy atom. The van der Waals surface area contributed by atoms with E-state index in [-0.39, 0.29) is 6.04 Å². The first-order chi connectivity index (χ1) is 10.2. The van der Waals surface area contributed by atoms with Crippen molar-refractivity contribution < 1.29 is 4.79 Å². The lowest BCUT2D eigenvalue weighted by molar-refractivity contribution is -0.106. The van der Waals surface area contributed by atoms with Crippen molar-refractivity contribution in [3.63, 3.8) is 0 Å². The average Bonchev–Trinajstić information content (AvgIpc) is 2.90. The van der Waals surface area contributed by atoms with Crippen molar-refractivity contribution in [3.05, 3.63) is 0 Å². The van der Waals surface area contributed by atoms with E-state index in [1.807, 2.05) is 0 Å². The highest BCUT2D eigenvalue weighted by molar-refractivity contribution is 5.44. The van der Waals surface area contributed by atoms with Crippen LogP contribution in [0.25, 0.3) is 0 Å². The molecule has 0 amide bonds. The number of hydrazine groups is 1. The summed E-state index contributed by atoms with van der Waals surface area (Å²) in [6, 6.07) is 3.26. The third kappa shape index (κ3) is 3.00. The van der Waals surface area contributed by atoms with Crippen LogP contribution in [0.3, 0.4) is 0 Å². The minimum atomic E-state index is 0.127. The normalized spacial score (nSPS) is 44.0. The maximum Gasteiger partial charge on any atom is 0.116 e. The first kappa shape index (κ1) is 15.0. The van der Waals surface area contributed by atoms with Crippen LogP contribution in [0.5, 0.6) is 0 Å². The fourth-order valence-corrected chi connectivity index (χ4v) is 5.38. The average molecular weight is 289 g/mol. The molecule has 5 fully saturated rings. The molecule has 4 heteroatoms. The highest BCUT2D eigenvalue weighted by Gasteiger charge is 2.49. The minimum Gasteiger partial charge on any atom is -0.304 e. The van der Waals surface area contributed by atoms with Gasteiger partial charge < -0.3 is 4.79 Å². The molecule has 4 nitrogen and oxygen atoms in total. The Balaban J connectivity index is 0.000000409. The lowest BCUT2D eigenvalue weighted by atomic mass is 9.54. The van der Waals surface area contributed by atoms with Gasteiger partial charge in [0.25, 0.3) is 0 Å². The second-order valence-corrected chi connectivity index (χ2v) is 7.30. The lowest BCUT2D eigenvalue weighted by Gasteiger charge is -2.55. The number of carbonyl (C=O) groups is 1. The molecule has 4 bridgehead atoms. The molecule has 21 heavy (non-hydrogen) atoms. The van der Waals surface area contributed by atoms with Crippen LogP contribution in [0.4, 0.5) is 0 Å². The molecular weight excluding hydrogens is 262 g/mol. The van der Waals surface area contributed by atoms with E-state index in [2.05, 4.69) is 16.5 Å². The van der Waals surface area contributed by atoms with Gasteiger partial charge in [0.1, 0.15) is 12.3 Å². The molecule has 116 valence electrons. The van der Waals surface area contributed by atoms with Gasteiger partial charge in [-0.3, -0.25) is 5.43 Å². The molecule has 4 saturated carbocycles. The van der Waals surface area contributed by atoms with E-state index in [1.54, 1.807) is 0 Å². The van der Waals surface area contributed by atoms with Crippen LogP contribution in [0.2, 0.25) is 0 Å². The number of nitriles is 1. The summed E-state index contributed by atoms with van der Waals surface area (Å²) in [5.41, 5.74) is 3.77. The lowest BCUT2D eigenvalue weighted by Crippen LogP contribution is -2.59. The van der Waals surface area contributed by atoms with E-state index >= 15 is 0 Å². The molecule has 4 aliphatic carbocycles. The quantitative estimate of drug-likeness (QED) is 0.794. The summed E-state index contributed by atoms with van der Waals surface area (Å²) in [5, 5.41) is 11.4. The van der Waals surface area contributed by atoms with Crippen LogP contribution in [0.1, 0.15) is 51.9 Å². The molecule has 1 saturated heterocycles. The van der Waals surface area contributed by atoms with Crippen molar-refractivity contribution in [1.29, 1.82) is 5.26 Å². The van der Waals surface area contributed by atoms with Crippen molar-refractivity contribution in [2.24, 2.45) is 23.7 Å². The third-order valence-corrected chi connectivity index (χ3v) is 5.94. The summed E-state index contributed by atoms with van der Waals surface area (Å²) in [6.45, 7) is 2.51. The van der Waals surface area contributed by atoms with Gasteiger partial charge in [0.2, 0.25) is 0 Å². The highest BCUT2D eigenvalue weighted by atomic mass is 16.1. The first-order valence-corrected chi connectivity index (χ1v) is 8.57. The van der Waals surface area contributed by atoms with Gasteiger partial charge in [-0.15, -0.1) is 0 Å². The monoisotopic (exact) mass is 289 g/mol. The molecule has 0 aromatic rings. The van der Waals surface area contributed by atoms with Gasteiger partial charge in [-0.1, -0.05) is 0 Å². The number of nitrogens with zero attached hydrogens (tertiary/aromatic N) is 2. The fraction of sp³-hybridized carbons (Fsp3) is 0.882. The van der Waals surface area contributed by atoms with Gasteiger partial charge in [0.15, 0.2) is 0 Å². The molecule has 0 aromatic carbocycles. The van der Waals surface area contributed by atoms with Gasteiger partial charge in [-0.25, -0.2) is 5.01 Å². The fourth-order valence-electron chi connectivity index (χ4n) is 5.38. The number of hydrogen-bond acceptors (Lipinski definition) is 4. The van der Waals surface area contributed by atoms with E-state index in [0.717, 1.165) is 42.9 Å². The van der Waals surface area contributed by atoms with Crippen LogP contribution in [-0.2, 0) is 4.79 Å². The van der Waals surface area contributed by atoms with E-state index in [4.69, 9.17) is 4.79 Å². The van der Waals surface area contributed by atoms with Gasteiger partial charge in [-0.05, 0) is 75.5 Å². The predicted octanol–water partition coefficient (Wildman–Crippen LogP) is 2.51. The first-order valence-electron chi connectivity index (χ1n) is 8.57. The SMILES string of the molecule is CC=O.N#CC1CCCN1NC1C2CC3CC(C2)CC1C3. The Kier molecular flexibility index (Phi) is 4.61. The van der Waals surface area contributed by atoms with Crippen LogP contribution < -0.4 is 5.43 Å². The van der Waals surface area contributed by atoms with Gasteiger partial charge >= 0.3 is 0 Å². The Bertz CT molecular complexity index is 389. The second-order valence-electron chi connectivity index (χ2n) is 7.30. The molecule has 0 aromatic heterocycles. The van der Waals surface area contributed by atoms with Crippen molar-refractivity contribution in [2.45, 2.75) is 64.0 Å². The number of nitrogens with one attached hydrogen (secondary N) is 1. The molecule has 1 atom stereocenters. The molecule has 0 radical (unpaired) electrons. The molecule has 1 N–H and O–H groups in total. The van der Waals surface area contributed by atoms with E-state index in [1.165, 1.54) is 45.4 Å². The van der Waals surface area contributed by atoms with Crippen molar-refractivity contribution >= 4 is 6.29 Å². The van der Waals surface area contributed by atoms with Gasteiger partial charge in [-0.2, -0.15) is 5.26 Å². The topological polar surface area (TPSA) is 56.1 Å². The summed E-state index contributed by atoms with van der Waals surface area (Å²) in [4.78, 5) is 8.81. The summed E-state index contributed by atoms with van der Waals surface area (Å²) in [6.07, 6.45) is 10.3. The van der Waals surface area contributed by atoms with Crippen molar-refractivity contribution in [1.82, 2.24) is 10.4 Å². The number of carbonyl (C=O) groups excluding carboxylic acids is 1. The highest BCUT2D eigenvalue weighted by Crippen LogP contribution is 2.53. The third-order valence-electron chi connectivity index (χ3n) is 5.94. The Morgan fingerprint density at radius 1 is 1.14 bits per heavy atom. The number of aldehydes is 1. The van der Waals surface area contributed by atoms with Gasteiger partial charge in [0, 0.05) is 12.6 Å². The largest absolute Gasteiger partial charge is 0.304 e. The molecule has 1 heterocycles. The molecular formula is C17H27N3O. The Labute approximate surface area is 127 Å². The number of hydrogen-bond donors (Lipinski definition) is 1. The van der Waals surface area contributed by atoms with Crippen LogP contribution in [0.15, 0.2) is 0 Å². The molecule has 5 rings (SSSR count). The van der Waals surface area contributed by atoms with Crippen molar-refractivity contribution in [2.75, 3.05) is 6.54 Å². The zero-order valence-electron chi connectivity index (χ0n) is 13.0. The summed E-state index contributed by atoms with van der Waals surface area (Å²) >= 11 is 0. The molecule has 0 spiro atoms. The summed E-state index contributed by atoms with van der Waals surface area (Å²) < 4.78 is 0. The van der Waals surface area contributed by atoms with E-state index in [0.29, 0.717) is 6.04 Å². The predicted molar refractivity (Wildman–Crippen MR) is 81.0 cm³/mol. The van der Waals surface area contributed by atoms with Crippen LogP contribution >= 0.6 is 0 Å². The van der Waals surface area contributed by atoms with Crippen molar-refractivity contribution in [3.8, 4) is 6.07 Å². The summed E-state index contributed by atoms with van der Waals surface area (Å²) in [7, 11) is 0. The molecule has 5 aliphatic rings. The smallest absolute Gasteiger partial charge is 0.116 e. The van der Waals surface area contributed by atoms with E-state index < -0.39 is 0 Å². The second kappa shape index (κ2) is 6.46. The zero-order chi connectivity index (χ0) is 14.8. The zero-order valence-corrected chi connectivity index (χ0v) is 13.0. The number of rotatable bonds is 2. The molecule has 1 aliphatic heterocycles. The Hall–Kier alpha value is -0.920. The Morgan fingerprint density at radius 3 is 2.24 bits per heavy atom. The minimum absolute atomic E-state index is 0.127. The van der Waals surface area contributed by atoms with Crippen LogP contribution in [0, 0.1) is 35.0 Å². The van der Waals surface area contributed by atoms with Crippen LogP contribution in [-0.4, -0.2) is 29.9 Å². The maximum atomic E-state index is 9.19. The summed E-state index contributed by atoms with van der Waals surface area (Å²) in [5.74, 6) is 3.88. The maximum absolute atomic E-state index is 9.19. The van der Waals surface area contributed by atoms with Gasteiger partial charge in [0.05, 0.1) is 6.07 Å². The van der Waals surface area contributed by atoms with E-state index in [9.17, 15) is 5.26 Å².